The normalized spacial score (nSPS) is 11.1. The maximum atomic E-state index is 11.8. The van der Waals surface area contributed by atoms with E-state index in [0.717, 1.165) is 16.7 Å². The van der Waals surface area contributed by atoms with Gasteiger partial charge in [-0.1, -0.05) is 31.5 Å². The molecule has 0 aliphatic heterocycles. The fourth-order valence-electron chi connectivity index (χ4n) is 2.19. The van der Waals surface area contributed by atoms with Crippen molar-refractivity contribution >= 4 is 5.78 Å². The third-order valence-corrected chi connectivity index (χ3v) is 3.05. The van der Waals surface area contributed by atoms with Gasteiger partial charge in [-0.05, 0) is 31.9 Å². The largest absolute Gasteiger partial charge is 0.414 e. The Hall–Kier alpha value is -1.97. The summed E-state index contributed by atoms with van der Waals surface area (Å²) in [6, 6.07) is 4.13. The Kier molecular flexibility index (Phi) is 3.51. The molecule has 0 radical (unpaired) electrons. The molecule has 4 nitrogen and oxygen atoms in total. The smallest absolute Gasteiger partial charge is 0.284 e. The molecule has 0 spiro atoms. The minimum Gasteiger partial charge on any atom is -0.414 e. The zero-order chi connectivity index (χ0) is 14.2. The number of hydrogen-bond donors (Lipinski definition) is 0. The summed E-state index contributed by atoms with van der Waals surface area (Å²) >= 11 is 0. The van der Waals surface area contributed by atoms with Crippen LogP contribution in [-0.4, -0.2) is 16.0 Å². The number of ketones is 1. The topological polar surface area (TPSA) is 56.0 Å². The van der Waals surface area contributed by atoms with E-state index in [0.29, 0.717) is 5.89 Å². The first-order chi connectivity index (χ1) is 8.90. The molecule has 100 valence electrons. The lowest BCUT2D eigenvalue weighted by Gasteiger charge is -2.07. The van der Waals surface area contributed by atoms with Crippen LogP contribution in [-0.2, 0) is 0 Å². The average Bonchev–Trinajstić information content (AvgIpc) is 2.75. The van der Waals surface area contributed by atoms with Crippen LogP contribution in [0.25, 0.3) is 11.5 Å². The third kappa shape index (κ3) is 2.57. The van der Waals surface area contributed by atoms with Crippen molar-refractivity contribution in [1.82, 2.24) is 10.2 Å². The van der Waals surface area contributed by atoms with Crippen LogP contribution in [0.4, 0.5) is 0 Å². The van der Waals surface area contributed by atoms with Crippen LogP contribution < -0.4 is 0 Å². The summed E-state index contributed by atoms with van der Waals surface area (Å²) in [7, 11) is 0. The van der Waals surface area contributed by atoms with Crippen molar-refractivity contribution < 1.29 is 9.21 Å². The Morgan fingerprint density at radius 2 is 1.68 bits per heavy atom. The highest BCUT2D eigenvalue weighted by molar-refractivity contribution is 5.93. The van der Waals surface area contributed by atoms with Crippen molar-refractivity contribution in [3.05, 3.63) is 34.7 Å². The minimum atomic E-state index is -0.145. The number of carbonyl (C=O) groups is 1. The van der Waals surface area contributed by atoms with Gasteiger partial charge in [0, 0.05) is 11.5 Å². The Balaban J connectivity index is 2.47. The van der Waals surface area contributed by atoms with E-state index < -0.39 is 0 Å². The zero-order valence-corrected chi connectivity index (χ0v) is 11.9. The molecule has 1 aromatic heterocycles. The van der Waals surface area contributed by atoms with E-state index in [1.165, 1.54) is 5.56 Å². The van der Waals surface area contributed by atoms with Gasteiger partial charge in [0.2, 0.25) is 11.7 Å². The summed E-state index contributed by atoms with van der Waals surface area (Å²) in [6.07, 6.45) is 0. The van der Waals surface area contributed by atoms with Gasteiger partial charge >= 0.3 is 0 Å². The van der Waals surface area contributed by atoms with Crippen molar-refractivity contribution in [3.8, 4) is 11.5 Å². The maximum absolute atomic E-state index is 11.8. The number of nitrogens with zero attached hydrogens (tertiary/aromatic N) is 2. The average molecular weight is 258 g/mol. The van der Waals surface area contributed by atoms with E-state index in [1.807, 2.05) is 34.6 Å². The molecule has 0 atom stereocenters. The molecule has 0 aliphatic carbocycles. The third-order valence-electron chi connectivity index (χ3n) is 3.05. The summed E-state index contributed by atoms with van der Waals surface area (Å²) in [5.41, 5.74) is 4.26. The highest BCUT2D eigenvalue weighted by Crippen LogP contribution is 2.27. The lowest BCUT2D eigenvalue weighted by Crippen LogP contribution is -2.07. The number of carbonyl (C=O) groups excluding carboxylic acids is 1. The molecule has 0 bridgehead atoms. The van der Waals surface area contributed by atoms with Gasteiger partial charge in [0.15, 0.2) is 0 Å². The molecule has 1 aromatic carbocycles. The molecule has 2 aromatic rings. The predicted octanol–water partition coefficient (Wildman–Crippen LogP) is 3.50. The number of aromatic nitrogens is 2. The summed E-state index contributed by atoms with van der Waals surface area (Å²) in [5, 5.41) is 7.86. The fraction of sp³-hybridized carbons (Fsp3) is 0.400. The quantitative estimate of drug-likeness (QED) is 0.791. The zero-order valence-electron chi connectivity index (χ0n) is 11.9. The van der Waals surface area contributed by atoms with Crippen molar-refractivity contribution in [3.63, 3.8) is 0 Å². The highest BCUT2D eigenvalue weighted by atomic mass is 16.4. The maximum Gasteiger partial charge on any atom is 0.284 e. The molecule has 0 aliphatic rings. The standard InChI is InChI=1S/C15H18N2O2/c1-8(2)13(18)15-17-16-14(19-15)12-10(4)6-9(3)7-11(12)5/h6-8H,1-5H3. The van der Waals surface area contributed by atoms with Crippen LogP contribution in [0.5, 0.6) is 0 Å². The molecule has 2 rings (SSSR count). The lowest BCUT2D eigenvalue weighted by atomic mass is 10.00. The lowest BCUT2D eigenvalue weighted by molar-refractivity contribution is 0.0905. The van der Waals surface area contributed by atoms with Gasteiger partial charge in [-0.15, -0.1) is 10.2 Å². The van der Waals surface area contributed by atoms with E-state index in [1.54, 1.807) is 0 Å². The molecule has 1 heterocycles. The van der Waals surface area contributed by atoms with Crippen molar-refractivity contribution in [2.75, 3.05) is 0 Å². The molecule has 0 fully saturated rings. The molecule has 0 amide bonds. The summed E-state index contributed by atoms with van der Waals surface area (Å²) in [6.45, 7) is 9.68. The van der Waals surface area contributed by atoms with Gasteiger partial charge in [-0.2, -0.15) is 0 Å². The molecule has 4 heteroatoms. The monoisotopic (exact) mass is 258 g/mol. The Morgan fingerprint density at radius 1 is 1.11 bits per heavy atom. The van der Waals surface area contributed by atoms with E-state index in [4.69, 9.17) is 4.42 Å². The van der Waals surface area contributed by atoms with Crippen LogP contribution in [0.3, 0.4) is 0 Å². The fourth-order valence-corrected chi connectivity index (χ4v) is 2.19. The number of Topliss-reactive ketones (excluding diaryl/α,β-unsaturated/α-hetero) is 1. The van der Waals surface area contributed by atoms with Crippen LogP contribution in [0.15, 0.2) is 16.5 Å². The van der Waals surface area contributed by atoms with Crippen molar-refractivity contribution in [2.45, 2.75) is 34.6 Å². The van der Waals surface area contributed by atoms with E-state index in [-0.39, 0.29) is 17.6 Å². The SMILES string of the molecule is Cc1cc(C)c(-c2nnc(C(=O)C(C)C)o2)c(C)c1. The molecule has 0 unspecified atom stereocenters. The van der Waals surface area contributed by atoms with Crippen LogP contribution in [0.2, 0.25) is 0 Å². The minimum absolute atomic E-state index is 0.0874. The molecular weight excluding hydrogens is 240 g/mol. The Bertz CT molecular complexity index is 604. The number of hydrogen-bond acceptors (Lipinski definition) is 4. The Morgan fingerprint density at radius 3 is 2.21 bits per heavy atom. The van der Waals surface area contributed by atoms with Gasteiger partial charge in [0.05, 0.1) is 0 Å². The van der Waals surface area contributed by atoms with Gasteiger partial charge in [-0.3, -0.25) is 4.79 Å². The van der Waals surface area contributed by atoms with Gasteiger partial charge in [-0.25, -0.2) is 0 Å². The molecule has 19 heavy (non-hydrogen) atoms. The molecule has 0 N–H and O–H groups in total. The van der Waals surface area contributed by atoms with E-state index >= 15 is 0 Å². The number of rotatable bonds is 3. The first kappa shape index (κ1) is 13.5. The second-order valence-electron chi connectivity index (χ2n) is 5.21. The van der Waals surface area contributed by atoms with Crippen LogP contribution in [0, 0.1) is 26.7 Å². The summed E-state index contributed by atoms with van der Waals surface area (Å²) < 4.78 is 5.52. The summed E-state index contributed by atoms with van der Waals surface area (Å²) in [5.74, 6) is 0.234. The molecular formula is C15H18N2O2. The van der Waals surface area contributed by atoms with Crippen LogP contribution in [0.1, 0.15) is 41.2 Å². The number of benzene rings is 1. The first-order valence-corrected chi connectivity index (χ1v) is 6.36. The highest BCUT2D eigenvalue weighted by Gasteiger charge is 2.20. The van der Waals surface area contributed by atoms with Crippen LogP contribution >= 0.6 is 0 Å². The second kappa shape index (κ2) is 4.96. The van der Waals surface area contributed by atoms with E-state index in [2.05, 4.69) is 22.3 Å². The Labute approximate surface area is 112 Å². The van der Waals surface area contributed by atoms with Gasteiger partial charge in [0.1, 0.15) is 0 Å². The summed E-state index contributed by atoms with van der Waals surface area (Å²) in [4.78, 5) is 11.8. The molecule has 0 saturated carbocycles. The van der Waals surface area contributed by atoms with Crippen molar-refractivity contribution in [1.29, 1.82) is 0 Å². The molecule has 0 saturated heterocycles. The predicted molar refractivity (Wildman–Crippen MR) is 73.1 cm³/mol. The van der Waals surface area contributed by atoms with Gasteiger partial charge < -0.3 is 4.42 Å². The second-order valence-corrected chi connectivity index (χ2v) is 5.21. The van der Waals surface area contributed by atoms with Gasteiger partial charge in [0.25, 0.3) is 5.89 Å². The van der Waals surface area contributed by atoms with E-state index in [9.17, 15) is 4.79 Å². The number of aryl methyl sites for hydroxylation is 3. The first-order valence-electron chi connectivity index (χ1n) is 6.36. The van der Waals surface area contributed by atoms with Crippen molar-refractivity contribution in [2.24, 2.45) is 5.92 Å².